The van der Waals surface area contributed by atoms with Gasteiger partial charge in [-0.2, -0.15) is 23.5 Å². The molecular formula is C126H200N7O10S2+7. The first-order valence-electron chi connectivity index (χ1n) is 54.0. The number of quaternary nitrogens is 7. The van der Waals surface area contributed by atoms with Gasteiger partial charge in [0.2, 0.25) is 0 Å². The molecule has 19 heteroatoms. The number of nitrogens with zero attached hydrogens (tertiary/aromatic N) is 7. The zero-order chi connectivity index (χ0) is 107. The number of unbranched alkanes of at least 4 members (excludes halogenated alkanes) is 1. The van der Waals surface area contributed by atoms with Gasteiger partial charge in [-0.3, -0.25) is 19.2 Å². The summed E-state index contributed by atoms with van der Waals surface area (Å²) in [5.74, 6) is 5.45. The van der Waals surface area contributed by atoms with Crippen molar-refractivity contribution in [3.63, 3.8) is 0 Å². The lowest BCUT2D eigenvalue weighted by Crippen LogP contribution is -2.50. The molecule has 0 N–H and O–H groups in total. The number of benzene rings is 9. The Kier molecular flexibility index (Phi) is 64.3. The first-order valence-corrected chi connectivity index (χ1v) is 56.3. The zero-order valence-corrected chi connectivity index (χ0v) is 97.1. The van der Waals surface area contributed by atoms with Crippen LogP contribution in [-0.2, 0) is 100 Å². The molecule has 0 aromatic heterocycles. The van der Waals surface area contributed by atoms with Crippen molar-refractivity contribution < 1.29 is 79.0 Å². The summed E-state index contributed by atoms with van der Waals surface area (Å²) >= 11 is 4.26. The molecule has 17 nitrogen and oxygen atoms in total. The summed E-state index contributed by atoms with van der Waals surface area (Å²) in [4.78, 5) is 45.4. The first kappa shape index (κ1) is 130. The highest BCUT2D eigenvalue weighted by Gasteiger charge is 2.35. The molecule has 0 aliphatic heterocycles. The molecule has 0 heterocycles. The van der Waals surface area contributed by atoms with Gasteiger partial charge in [0, 0.05) is 52.7 Å². The summed E-state index contributed by atoms with van der Waals surface area (Å²) in [6, 6.07) is 92.0. The monoisotopic (exact) mass is 2040 g/mol. The van der Waals surface area contributed by atoms with Crippen LogP contribution in [0.15, 0.2) is 267 Å². The number of carbonyl (C=O) groups is 4. The van der Waals surface area contributed by atoms with E-state index < -0.39 is 5.41 Å². The van der Waals surface area contributed by atoms with Crippen LogP contribution in [0.2, 0.25) is 0 Å². The van der Waals surface area contributed by atoms with Crippen molar-refractivity contribution in [3.05, 3.63) is 317 Å². The van der Waals surface area contributed by atoms with Crippen molar-refractivity contribution in [2.24, 2.45) is 10.8 Å². The number of hydrogen-bond donors (Lipinski definition) is 0. The van der Waals surface area contributed by atoms with E-state index in [0.717, 1.165) is 112 Å². The Labute approximate surface area is 892 Å². The number of esters is 4. The van der Waals surface area contributed by atoms with E-state index in [-0.39, 0.29) is 34.7 Å². The third kappa shape index (κ3) is 61.6. The molecule has 145 heavy (non-hydrogen) atoms. The quantitative estimate of drug-likeness (QED) is 0.0156. The van der Waals surface area contributed by atoms with Crippen LogP contribution in [0.25, 0.3) is 0 Å². The van der Waals surface area contributed by atoms with E-state index >= 15 is 0 Å². The number of ether oxygens (including phenoxy) is 6. The fraction of sp³-hybridized carbons (Fsp3) is 0.540. The fourth-order valence-electron chi connectivity index (χ4n) is 16.7. The minimum atomic E-state index is -0.420. The van der Waals surface area contributed by atoms with Gasteiger partial charge in [0.05, 0.1) is 148 Å². The summed E-state index contributed by atoms with van der Waals surface area (Å²) in [6.07, 6.45) is 10.8. The van der Waals surface area contributed by atoms with Crippen LogP contribution in [0, 0.1) is 10.8 Å². The Morgan fingerprint density at radius 3 is 0.897 bits per heavy atom. The fourth-order valence-corrected chi connectivity index (χ4v) is 18.9. The van der Waals surface area contributed by atoms with E-state index in [4.69, 9.17) is 28.4 Å². The van der Waals surface area contributed by atoms with Gasteiger partial charge < -0.3 is 59.8 Å². The van der Waals surface area contributed by atoms with Crippen LogP contribution in [0.4, 0.5) is 0 Å². The Balaban J connectivity index is 0.000000438. The molecule has 0 amide bonds. The molecule has 0 aliphatic rings. The van der Waals surface area contributed by atoms with Gasteiger partial charge in [0.25, 0.3) is 0 Å². The molecule has 0 saturated carbocycles. The largest absolute Gasteiger partial charge is 0.491 e. The minimum Gasteiger partial charge on any atom is -0.491 e. The van der Waals surface area contributed by atoms with Gasteiger partial charge in [-0.15, -0.1) is 0 Å². The average Bonchev–Trinajstić information content (AvgIpc) is 0.794. The normalized spacial score (nSPS) is 12.2. The van der Waals surface area contributed by atoms with Crippen molar-refractivity contribution in [3.8, 4) is 5.75 Å². The second kappa shape index (κ2) is 71.6. The number of rotatable bonds is 57. The number of likely N-dealkylation sites (N-methyl/N-ethyl adjacent to an activating group) is 5. The molecule has 0 spiro atoms. The SMILES string of the molecule is CC(=O)OCC[N+](C)(C)Cc1ccccc1.CC(C)(C)C(=O)OCC[N+](C)(C)Cc1ccccc1.CC(C)(C)C(C)(C)c1ccc(OCCOCC[N+](C)(C)Cc2ccccc2)cc1.CCCC(=O)OCC[N+](C)(C)Cc1ccccc1.CCCC[N+](CC)(CCC)CCSCCc1ccccc1.CCC[N+](CC)(CCC)CCSCCc1ccccc1.C[N+](C)(CCOC(=O)Cc1ccccc1)Cc1ccccc1. The maximum absolute atomic E-state index is 11.8. The zero-order valence-electron chi connectivity index (χ0n) is 95.5. The van der Waals surface area contributed by atoms with Crippen molar-refractivity contribution in [1.82, 2.24) is 0 Å². The second-order valence-corrected chi connectivity index (χ2v) is 47.1. The standard InChI is InChI=1S/C26H40NO2.C19H24NO2.C19H34NS.C18H32NS.C16H26NO2.C15H24NO2.C13H20NO2/c1-25(2,3)26(4,5)23-13-15-24(16-14-23)29-20-19-28-18-17-27(6,7)21-22-11-9-8-10-12-22;1-20(2,16-18-11-7-4-8-12-18)13-14-22-19(21)15-17-9-5-3-6-10-17;1-4-7-15-20(6-3,14-5-2)16-18-21-17-13-19-11-9-8-10-12-19;1-4-13-19(6-3,14-5-2)15-17-20-16-12-18-10-8-7-9-11-18;1-16(2,3)15(18)19-12-11-17(4,5)13-14-9-7-6-8-10-14;1-4-8-15(17)18-12-11-16(2,3)13-14-9-6-5-7-10-14;1-12(15)16-10-9-14(2,3)11-13-7-5-4-6-8-13/h8-16H,17-21H2,1-7H3;3-12H,13-16H2,1-2H3;8-12H,4-7,13-18H2,1-3H3;7-11H,4-6,12-17H2,1-3H3;6-10H,11-13H2,1-5H3;5-7,9-10H,4,8,11-13H2,1-3H3;4-8H,9-11H2,1-3H3/q7*+1. The lowest BCUT2D eigenvalue weighted by molar-refractivity contribution is -0.924. The molecule has 0 bridgehead atoms. The van der Waals surface area contributed by atoms with Crippen LogP contribution in [0.3, 0.4) is 0 Å². The number of aryl methyl sites for hydroxylation is 2. The molecular weight excluding hydrogens is 1840 g/mol. The highest BCUT2D eigenvalue weighted by Crippen LogP contribution is 2.41. The summed E-state index contributed by atoms with van der Waals surface area (Å²) < 4.78 is 39.3. The lowest BCUT2D eigenvalue weighted by atomic mass is 9.65. The topological polar surface area (TPSA) is 124 Å². The van der Waals surface area contributed by atoms with E-state index in [1.54, 1.807) is 0 Å². The van der Waals surface area contributed by atoms with E-state index in [9.17, 15) is 19.2 Å². The Bertz CT molecular complexity index is 4770. The summed E-state index contributed by atoms with van der Waals surface area (Å²) in [7, 11) is 21.7. The Hall–Kier alpha value is -8.96. The molecule has 1 atom stereocenters. The smallest absolute Gasteiger partial charge is 0.311 e. The third-order valence-electron chi connectivity index (χ3n) is 26.8. The van der Waals surface area contributed by atoms with Crippen LogP contribution in [-0.4, -0.2) is 280 Å². The van der Waals surface area contributed by atoms with Crippen LogP contribution >= 0.6 is 23.5 Å². The molecule has 0 aliphatic carbocycles. The molecule has 0 saturated heterocycles. The van der Waals surface area contributed by atoms with Crippen molar-refractivity contribution >= 4 is 47.4 Å². The Morgan fingerprint density at radius 2 is 0.593 bits per heavy atom. The summed E-state index contributed by atoms with van der Waals surface area (Å²) in [5, 5.41) is 0. The molecule has 1 unspecified atom stereocenters. The molecule has 804 valence electrons. The van der Waals surface area contributed by atoms with Gasteiger partial charge in [-0.25, -0.2) is 0 Å². The molecule has 9 aromatic carbocycles. The van der Waals surface area contributed by atoms with E-state index in [1.807, 2.05) is 94.4 Å². The first-order chi connectivity index (χ1) is 68.8. The van der Waals surface area contributed by atoms with Crippen LogP contribution in [0.1, 0.15) is 206 Å². The van der Waals surface area contributed by atoms with E-state index in [0.29, 0.717) is 52.5 Å². The van der Waals surface area contributed by atoms with Crippen LogP contribution < -0.4 is 4.74 Å². The number of carbonyl (C=O) groups excluding carboxylic acids is 4. The third-order valence-corrected chi connectivity index (χ3v) is 28.7. The molecule has 9 rings (SSSR count). The minimum absolute atomic E-state index is 0.0859. The van der Waals surface area contributed by atoms with Gasteiger partial charge >= 0.3 is 23.9 Å². The Morgan fingerprint density at radius 1 is 0.290 bits per heavy atom. The van der Waals surface area contributed by atoms with E-state index in [1.165, 1.54) is 181 Å². The number of hydrogen-bond acceptors (Lipinski definition) is 12. The average molecular weight is 2040 g/mol. The maximum Gasteiger partial charge on any atom is 0.311 e. The van der Waals surface area contributed by atoms with Crippen LogP contribution in [0.5, 0.6) is 5.75 Å². The predicted molar refractivity (Wildman–Crippen MR) is 616 cm³/mol. The highest BCUT2D eigenvalue weighted by molar-refractivity contribution is 7.99. The molecule has 9 aromatic rings. The van der Waals surface area contributed by atoms with Crippen molar-refractivity contribution in [2.75, 3.05) is 225 Å². The predicted octanol–water partition coefficient (Wildman–Crippen LogP) is 25.6. The maximum atomic E-state index is 11.8. The highest BCUT2D eigenvalue weighted by atomic mass is 32.2. The number of thioether (sulfide) groups is 2. The lowest BCUT2D eigenvalue weighted by Gasteiger charge is -2.39. The van der Waals surface area contributed by atoms with E-state index in [2.05, 4.69) is 370 Å². The second-order valence-electron chi connectivity index (χ2n) is 44.7. The molecule has 0 fully saturated rings. The van der Waals surface area contributed by atoms with Gasteiger partial charge in [-0.1, -0.05) is 330 Å². The molecule has 0 radical (unpaired) electrons. The summed E-state index contributed by atoms with van der Waals surface area (Å²) in [6.45, 7) is 58.1. The van der Waals surface area contributed by atoms with Crippen molar-refractivity contribution in [1.29, 1.82) is 0 Å². The summed E-state index contributed by atoms with van der Waals surface area (Å²) in [5.41, 5.74) is 11.7. The van der Waals surface area contributed by atoms with Crippen molar-refractivity contribution in [2.45, 2.75) is 213 Å². The van der Waals surface area contributed by atoms with Gasteiger partial charge in [-0.05, 0) is 136 Å². The van der Waals surface area contributed by atoms with Gasteiger partial charge in [0.15, 0.2) is 0 Å². The van der Waals surface area contributed by atoms with Gasteiger partial charge in [0.1, 0.15) is 104 Å².